The van der Waals surface area contributed by atoms with Gasteiger partial charge >= 0.3 is 0 Å². The van der Waals surface area contributed by atoms with Crippen LogP contribution in [-0.2, 0) is 17.9 Å². The maximum absolute atomic E-state index is 12.6. The highest BCUT2D eigenvalue weighted by Crippen LogP contribution is 2.29. The van der Waals surface area contributed by atoms with Gasteiger partial charge in [-0.3, -0.25) is 14.5 Å². The van der Waals surface area contributed by atoms with Crippen molar-refractivity contribution in [1.82, 2.24) is 10.2 Å². The molecule has 1 aromatic heterocycles. The Hall–Kier alpha value is -2.80. The normalized spacial score (nSPS) is 10.8. The second-order valence-electron chi connectivity index (χ2n) is 6.65. The quantitative estimate of drug-likeness (QED) is 0.531. The van der Waals surface area contributed by atoms with E-state index in [0.717, 1.165) is 11.3 Å². The summed E-state index contributed by atoms with van der Waals surface area (Å²) in [6.45, 7) is 1.05. The molecule has 3 aromatic rings. The lowest BCUT2D eigenvalue weighted by Gasteiger charge is -2.21. The number of rotatable bonds is 8. The molecule has 0 saturated carbocycles. The molecule has 0 bridgehead atoms. The van der Waals surface area contributed by atoms with E-state index in [9.17, 15) is 9.59 Å². The molecular formula is C22H21Cl2N3O3. The molecule has 0 spiro atoms. The van der Waals surface area contributed by atoms with Crippen LogP contribution in [-0.4, -0.2) is 30.3 Å². The van der Waals surface area contributed by atoms with Crippen molar-refractivity contribution < 1.29 is 14.0 Å². The van der Waals surface area contributed by atoms with Gasteiger partial charge in [0.2, 0.25) is 5.91 Å². The van der Waals surface area contributed by atoms with E-state index in [0.29, 0.717) is 34.4 Å². The van der Waals surface area contributed by atoms with E-state index in [4.69, 9.17) is 27.6 Å². The lowest BCUT2D eigenvalue weighted by atomic mass is 10.1. The molecule has 2 N–H and O–H groups in total. The maximum Gasteiger partial charge on any atom is 0.251 e. The zero-order chi connectivity index (χ0) is 21.5. The number of hydrogen-bond donors (Lipinski definition) is 2. The first-order chi connectivity index (χ1) is 14.5. The van der Waals surface area contributed by atoms with Crippen LogP contribution in [0, 0.1) is 0 Å². The molecule has 2 amide bonds. The van der Waals surface area contributed by atoms with Crippen molar-refractivity contribution >= 4 is 40.7 Å². The fourth-order valence-corrected chi connectivity index (χ4v) is 3.30. The van der Waals surface area contributed by atoms with Gasteiger partial charge in [0.25, 0.3) is 5.91 Å². The number of nitrogens with one attached hydrogen (secondary N) is 2. The van der Waals surface area contributed by atoms with Gasteiger partial charge in [-0.25, -0.2) is 0 Å². The third kappa shape index (κ3) is 5.86. The van der Waals surface area contributed by atoms with E-state index >= 15 is 0 Å². The fraction of sp³-hybridized carbons (Fsp3) is 0.182. The highest BCUT2D eigenvalue weighted by molar-refractivity contribution is 6.44. The molecule has 2 aromatic carbocycles. The first-order valence-electron chi connectivity index (χ1n) is 9.26. The van der Waals surface area contributed by atoms with Crippen LogP contribution < -0.4 is 10.6 Å². The second kappa shape index (κ2) is 10.3. The Kier molecular flexibility index (Phi) is 7.52. The fourth-order valence-electron chi connectivity index (χ4n) is 2.95. The summed E-state index contributed by atoms with van der Waals surface area (Å²) in [5, 5.41) is 6.07. The summed E-state index contributed by atoms with van der Waals surface area (Å²) in [5.74, 6) is 0.366. The molecular weight excluding hydrogens is 425 g/mol. The van der Waals surface area contributed by atoms with Crippen LogP contribution in [0.5, 0.6) is 0 Å². The Labute approximate surface area is 184 Å². The van der Waals surface area contributed by atoms with Gasteiger partial charge in [0.15, 0.2) is 0 Å². The summed E-state index contributed by atoms with van der Waals surface area (Å²) < 4.78 is 5.44. The van der Waals surface area contributed by atoms with Crippen molar-refractivity contribution in [3.63, 3.8) is 0 Å². The SMILES string of the molecule is CNC(=O)c1ccc(CN(CC(=O)Nc2cccc(Cl)c2Cl)Cc2ccco2)cc1. The van der Waals surface area contributed by atoms with Gasteiger partial charge in [0, 0.05) is 19.2 Å². The molecule has 6 nitrogen and oxygen atoms in total. The lowest BCUT2D eigenvalue weighted by molar-refractivity contribution is -0.117. The highest BCUT2D eigenvalue weighted by Gasteiger charge is 2.16. The van der Waals surface area contributed by atoms with Crippen LogP contribution in [0.15, 0.2) is 65.3 Å². The van der Waals surface area contributed by atoms with Crippen LogP contribution in [0.2, 0.25) is 10.0 Å². The molecule has 0 unspecified atom stereocenters. The number of hydrogen-bond acceptors (Lipinski definition) is 4. The smallest absolute Gasteiger partial charge is 0.251 e. The van der Waals surface area contributed by atoms with E-state index in [2.05, 4.69) is 10.6 Å². The Bertz CT molecular complexity index is 1000. The summed E-state index contributed by atoms with van der Waals surface area (Å²) in [7, 11) is 1.59. The van der Waals surface area contributed by atoms with Gasteiger partial charge in [-0.1, -0.05) is 41.4 Å². The highest BCUT2D eigenvalue weighted by atomic mass is 35.5. The van der Waals surface area contributed by atoms with E-state index in [1.807, 2.05) is 23.1 Å². The number of carbonyl (C=O) groups is 2. The topological polar surface area (TPSA) is 74.6 Å². The average molecular weight is 446 g/mol. The molecule has 0 aliphatic rings. The molecule has 0 radical (unpaired) electrons. The van der Waals surface area contributed by atoms with Gasteiger partial charge in [-0.05, 0) is 42.0 Å². The molecule has 0 aliphatic heterocycles. The molecule has 0 aliphatic carbocycles. The van der Waals surface area contributed by atoms with Gasteiger partial charge in [-0.2, -0.15) is 0 Å². The number of furan rings is 1. The average Bonchev–Trinajstić information content (AvgIpc) is 3.24. The van der Waals surface area contributed by atoms with Crippen LogP contribution in [0.4, 0.5) is 5.69 Å². The number of nitrogens with zero attached hydrogens (tertiary/aromatic N) is 1. The van der Waals surface area contributed by atoms with Crippen LogP contribution in [0.1, 0.15) is 21.7 Å². The van der Waals surface area contributed by atoms with Gasteiger partial charge < -0.3 is 15.1 Å². The number of carbonyl (C=O) groups excluding carboxylic acids is 2. The standard InChI is InChI=1S/C22H21Cl2N3O3/c1-25-22(29)16-9-7-15(8-10-16)12-27(13-17-4-3-11-30-17)14-20(28)26-19-6-2-5-18(23)21(19)24/h2-11H,12-14H2,1H3,(H,25,29)(H,26,28). The predicted octanol–water partition coefficient (Wildman–Crippen LogP) is 4.59. The minimum Gasteiger partial charge on any atom is -0.468 e. The minimum atomic E-state index is -0.229. The molecule has 0 atom stereocenters. The molecule has 1 heterocycles. The van der Waals surface area contributed by atoms with Gasteiger partial charge in [0.05, 0.1) is 35.1 Å². The number of benzene rings is 2. The van der Waals surface area contributed by atoms with E-state index in [1.54, 1.807) is 49.7 Å². The minimum absolute atomic E-state index is 0.112. The monoisotopic (exact) mass is 445 g/mol. The van der Waals surface area contributed by atoms with Crippen LogP contribution in [0.3, 0.4) is 0 Å². The Morgan fingerprint density at radius 2 is 1.77 bits per heavy atom. The Morgan fingerprint density at radius 3 is 2.43 bits per heavy atom. The Balaban J connectivity index is 1.71. The first-order valence-corrected chi connectivity index (χ1v) is 10.0. The maximum atomic E-state index is 12.6. The van der Waals surface area contributed by atoms with Crippen molar-refractivity contribution in [1.29, 1.82) is 0 Å². The van der Waals surface area contributed by atoms with Crippen molar-refractivity contribution in [3.05, 3.63) is 87.8 Å². The molecule has 0 fully saturated rings. The first kappa shape index (κ1) is 21.9. The van der Waals surface area contributed by atoms with Gasteiger partial charge in [-0.15, -0.1) is 0 Å². The van der Waals surface area contributed by atoms with Gasteiger partial charge in [0.1, 0.15) is 5.76 Å². The number of halogens is 2. The molecule has 3 rings (SSSR count). The predicted molar refractivity (Wildman–Crippen MR) is 118 cm³/mol. The summed E-state index contributed by atoms with van der Waals surface area (Å²) in [4.78, 5) is 26.3. The second-order valence-corrected chi connectivity index (χ2v) is 7.44. The van der Waals surface area contributed by atoms with Crippen molar-refractivity contribution in [3.8, 4) is 0 Å². The number of amides is 2. The van der Waals surface area contributed by atoms with Crippen molar-refractivity contribution in [2.45, 2.75) is 13.1 Å². The summed E-state index contributed by atoms with van der Waals surface area (Å²) in [5.41, 5.74) is 2.00. The third-order valence-electron chi connectivity index (χ3n) is 4.40. The van der Waals surface area contributed by atoms with E-state index in [1.165, 1.54) is 0 Å². The zero-order valence-electron chi connectivity index (χ0n) is 16.3. The number of anilines is 1. The summed E-state index contributed by atoms with van der Waals surface area (Å²) in [6.07, 6.45) is 1.59. The van der Waals surface area contributed by atoms with E-state index in [-0.39, 0.29) is 18.4 Å². The molecule has 0 saturated heterocycles. The van der Waals surface area contributed by atoms with E-state index < -0.39 is 0 Å². The molecule has 8 heteroatoms. The third-order valence-corrected chi connectivity index (χ3v) is 5.22. The zero-order valence-corrected chi connectivity index (χ0v) is 17.8. The summed E-state index contributed by atoms with van der Waals surface area (Å²) >= 11 is 12.2. The summed E-state index contributed by atoms with van der Waals surface area (Å²) in [6, 6.07) is 16.0. The Morgan fingerprint density at radius 1 is 1.00 bits per heavy atom. The lowest BCUT2D eigenvalue weighted by Crippen LogP contribution is -2.32. The van der Waals surface area contributed by atoms with Crippen LogP contribution in [0.25, 0.3) is 0 Å². The van der Waals surface area contributed by atoms with Crippen molar-refractivity contribution in [2.24, 2.45) is 0 Å². The van der Waals surface area contributed by atoms with Crippen LogP contribution >= 0.6 is 23.2 Å². The largest absolute Gasteiger partial charge is 0.468 e. The van der Waals surface area contributed by atoms with Crippen molar-refractivity contribution in [2.75, 3.05) is 18.9 Å². The molecule has 156 valence electrons. The molecule has 30 heavy (non-hydrogen) atoms.